The van der Waals surface area contributed by atoms with Gasteiger partial charge in [-0.1, -0.05) is 0 Å². The molecule has 0 radical (unpaired) electrons. The van der Waals surface area contributed by atoms with Crippen molar-refractivity contribution in [2.75, 3.05) is 10.6 Å². The van der Waals surface area contributed by atoms with Crippen LogP contribution in [0.15, 0.2) is 54.7 Å². The van der Waals surface area contributed by atoms with E-state index >= 15 is 0 Å². The number of hydrogen-bond acceptors (Lipinski definition) is 6. The summed E-state index contributed by atoms with van der Waals surface area (Å²) in [5.41, 5.74) is 0.346. The van der Waals surface area contributed by atoms with Crippen LogP contribution >= 0.6 is 0 Å². The quantitative estimate of drug-likeness (QED) is 0.544. The Morgan fingerprint density at radius 1 is 0.967 bits per heavy atom. The number of rotatable bonds is 6. The second kappa shape index (κ2) is 8.69. The lowest BCUT2D eigenvalue weighted by molar-refractivity contribution is -0.137. The fourth-order valence-corrected chi connectivity index (χ4v) is 2.53. The van der Waals surface area contributed by atoms with Crippen LogP contribution in [0.4, 0.5) is 36.3 Å². The molecule has 0 aliphatic rings. The fraction of sp³-hybridized carbons (Fsp3) is 0.190. The van der Waals surface area contributed by atoms with Gasteiger partial charge in [-0.2, -0.15) is 23.4 Å². The number of ether oxygens (including phenoxy) is 1. The van der Waals surface area contributed by atoms with Crippen LogP contribution in [-0.4, -0.2) is 16.1 Å². The Balaban J connectivity index is 1.85. The molecule has 0 unspecified atom stereocenters. The van der Waals surface area contributed by atoms with Gasteiger partial charge in [0.25, 0.3) is 0 Å². The van der Waals surface area contributed by atoms with Gasteiger partial charge in [-0.05, 0) is 62.4 Å². The van der Waals surface area contributed by atoms with E-state index in [-0.39, 0.29) is 12.1 Å². The molecule has 0 atom stereocenters. The molecule has 2 N–H and O–H groups in total. The third-order valence-electron chi connectivity index (χ3n) is 3.85. The summed E-state index contributed by atoms with van der Waals surface area (Å²) in [5, 5.41) is 14.4. The topological polar surface area (TPSA) is 82.9 Å². The third kappa shape index (κ3) is 5.38. The zero-order valence-corrected chi connectivity index (χ0v) is 16.2. The van der Waals surface area contributed by atoms with Gasteiger partial charge in [-0.25, -0.2) is 4.98 Å². The van der Waals surface area contributed by atoms with Gasteiger partial charge in [-0.15, -0.1) is 0 Å². The van der Waals surface area contributed by atoms with Gasteiger partial charge in [0.2, 0.25) is 5.95 Å². The fourth-order valence-electron chi connectivity index (χ4n) is 2.53. The van der Waals surface area contributed by atoms with E-state index in [9.17, 15) is 13.2 Å². The molecule has 3 aromatic rings. The molecule has 0 amide bonds. The molecule has 3 rings (SSSR count). The van der Waals surface area contributed by atoms with Crippen LogP contribution in [0.2, 0.25) is 0 Å². The average molecular weight is 413 g/mol. The van der Waals surface area contributed by atoms with E-state index in [1.54, 1.807) is 24.3 Å². The van der Waals surface area contributed by atoms with Gasteiger partial charge in [0.05, 0.1) is 17.7 Å². The minimum Gasteiger partial charge on any atom is -0.491 e. The van der Waals surface area contributed by atoms with Gasteiger partial charge in [0.1, 0.15) is 17.1 Å². The van der Waals surface area contributed by atoms with E-state index in [0.29, 0.717) is 22.7 Å². The monoisotopic (exact) mass is 413 g/mol. The van der Waals surface area contributed by atoms with Crippen LogP contribution in [0.5, 0.6) is 5.75 Å². The van der Waals surface area contributed by atoms with E-state index in [1.807, 2.05) is 19.9 Å². The summed E-state index contributed by atoms with van der Waals surface area (Å²) in [5.74, 6) is 0.271. The van der Waals surface area contributed by atoms with Crippen molar-refractivity contribution in [3.63, 3.8) is 0 Å². The van der Waals surface area contributed by atoms with E-state index in [4.69, 9.17) is 10.00 Å². The first kappa shape index (κ1) is 20.9. The first-order valence-electron chi connectivity index (χ1n) is 9.00. The highest BCUT2D eigenvalue weighted by Gasteiger charge is 2.35. The lowest BCUT2D eigenvalue weighted by atomic mass is 10.2. The van der Waals surface area contributed by atoms with Crippen LogP contribution < -0.4 is 15.4 Å². The number of anilines is 4. The molecule has 6 nitrogen and oxygen atoms in total. The number of nitriles is 1. The van der Waals surface area contributed by atoms with Crippen LogP contribution in [0.1, 0.15) is 25.0 Å². The van der Waals surface area contributed by atoms with Gasteiger partial charge in [0.15, 0.2) is 0 Å². The zero-order valence-electron chi connectivity index (χ0n) is 16.2. The minimum absolute atomic E-state index is 0.00308. The molecule has 0 saturated heterocycles. The van der Waals surface area contributed by atoms with Gasteiger partial charge < -0.3 is 15.4 Å². The molecule has 0 aliphatic heterocycles. The Labute approximate surface area is 171 Å². The van der Waals surface area contributed by atoms with Crippen LogP contribution in [0.25, 0.3) is 0 Å². The molecule has 30 heavy (non-hydrogen) atoms. The van der Waals surface area contributed by atoms with Gasteiger partial charge >= 0.3 is 6.18 Å². The predicted octanol–water partition coefficient (Wildman–Crippen LogP) is 5.64. The number of benzene rings is 2. The summed E-state index contributed by atoms with van der Waals surface area (Å²) in [4.78, 5) is 7.78. The van der Waals surface area contributed by atoms with E-state index in [1.165, 1.54) is 24.3 Å². The molecule has 0 fully saturated rings. The predicted molar refractivity (Wildman–Crippen MR) is 107 cm³/mol. The average Bonchev–Trinajstić information content (AvgIpc) is 2.69. The van der Waals surface area contributed by atoms with Crippen LogP contribution in [-0.2, 0) is 6.18 Å². The Morgan fingerprint density at radius 3 is 2.13 bits per heavy atom. The smallest absolute Gasteiger partial charge is 0.421 e. The van der Waals surface area contributed by atoms with E-state index < -0.39 is 17.6 Å². The van der Waals surface area contributed by atoms with Crippen molar-refractivity contribution < 1.29 is 17.9 Å². The van der Waals surface area contributed by atoms with Crippen molar-refractivity contribution in [2.45, 2.75) is 26.1 Å². The number of hydrogen-bond donors (Lipinski definition) is 2. The zero-order chi connectivity index (χ0) is 21.7. The van der Waals surface area contributed by atoms with Crippen molar-refractivity contribution in [1.82, 2.24) is 9.97 Å². The van der Waals surface area contributed by atoms with Crippen molar-refractivity contribution in [3.05, 3.63) is 65.9 Å². The van der Waals surface area contributed by atoms with Gasteiger partial charge in [-0.3, -0.25) is 0 Å². The maximum absolute atomic E-state index is 13.4. The number of halogens is 3. The maximum Gasteiger partial charge on any atom is 0.421 e. The molecule has 2 aromatic carbocycles. The standard InChI is InChI=1S/C21H18F3N5O/c1-13(2)30-17-9-7-16(8-10-17)28-20-26-12-18(21(22,23)24)19(29-20)27-15-5-3-14(11-25)4-6-15/h3-10,12-13H,1-2H3,(H2,26,27,28,29). The number of alkyl halides is 3. The van der Waals surface area contributed by atoms with Crippen molar-refractivity contribution in [1.29, 1.82) is 5.26 Å². The van der Waals surface area contributed by atoms with Crippen LogP contribution in [0.3, 0.4) is 0 Å². The second-order valence-corrected chi connectivity index (χ2v) is 6.58. The molecule has 0 bridgehead atoms. The highest BCUT2D eigenvalue weighted by atomic mass is 19.4. The highest BCUT2D eigenvalue weighted by Crippen LogP contribution is 2.35. The summed E-state index contributed by atoms with van der Waals surface area (Å²) >= 11 is 0. The molecule has 9 heteroatoms. The summed E-state index contributed by atoms with van der Waals surface area (Å²) in [6, 6.07) is 14.9. The summed E-state index contributed by atoms with van der Waals surface area (Å²) < 4.78 is 45.7. The van der Waals surface area contributed by atoms with E-state index in [2.05, 4.69) is 20.6 Å². The molecule has 1 heterocycles. The normalized spacial score (nSPS) is 11.1. The SMILES string of the molecule is CC(C)Oc1ccc(Nc2ncc(C(F)(F)F)c(Nc3ccc(C#N)cc3)n2)cc1. The number of nitrogens with one attached hydrogen (secondary N) is 2. The molecule has 154 valence electrons. The Hall–Kier alpha value is -3.80. The largest absolute Gasteiger partial charge is 0.491 e. The number of nitrogens with zero attached hydrogens (tertiary/aromatic N) is 3. The first-order valence-corrected chi connectivity index (χ1v) is 9.00. The molecular formula is C21H18F3N5O. The third-order valence-corrected chi connectivity index (χ3v) is 3.85. The van der Waals surface area contributed by atoms with Crippen molar-refractivity contribution >= 4 is 23.1 Å². The Bertz CT molecular complexity index is 1040. The lowest BCUT2D eigenvalue weighted by Crippen LogP contribution is -2.12. The first-order chi connectivity index (χ1) is 14.2. The molecule has 1 aromatic heterocycles. The second-order valence-electron chi connectivity index (χ2n) is 6.58. The van der Waals surface area contributed by atoms with Crippen molar-refractivity contribution in [3.8, 4) is 11.8 Å². The summed E-state index contributed by atoms with van der Waals surface area (Å²) in [7, 11) is 0. The maximum atomic E-state index is 13.4. The molecular weight excluding hydrogens is 395 g/mol. The molecule has 0 spiro atoms. The highest BCUT2D eigenvalue weighted by molar-refractivity contribution is 5.63. The summed E-state index contributed by atoms with van der Waals surface area (Å²) in [6.45, 7) is 3.81. The lowest BCUT2D eigenvalue weighted by Gasteiger charge is -2.15. The van der Waals surface area contributed by atoms with Crippen molar-refractivity contribution in [2.24, 2.45) is 0 Å². The van der Waals surface area contributed by atoms with E-state index in [0.717, 1.165) is 6.20 Å². The Kier molecular flexibility index (Phi) is 6.06. The molecule has 0 aliphatic carbocycles. The minimum atomic E-state index is -4.64. The number of aromatic nitrogens is 2. The van der Waals surface area contributed by atoms with Crippen LogP contribution in [0, 0.1) is 11.3 Å². The van der Waals surface area contributed by atoms with Gasteiger partial charge in [0, 0.05) is 17.6 Å². The summed E-state index contributed by atoms with van der Waals surface area (Å²) in [6.07, 6.45) is -3.89. The molecule has 0 saturated carbocycles. The Morgan fingerprint density at radius 2 is 1.57 bits per heavy atom.